The van der Waals surface area contributed by atoms with E-state index in [-0.39, 0.29) is 29.6 Å². The van der Waals surface area contributed by atoms with Gasteiger partial charge < -0.3 is 15.7 Å². The zero-order valence-electron chi connectivity index (χ0n) is 20.2. The second-order valence-electron chi connectivity index (χ2n) is 8.59. The highest BCUT2D eigenvalue weighted by Crippen LogP contribution is 2.28. The molecule has 4 rings (SSSR count). The maximum Gasteiger partial charge on any atom is 0.335 e. The smallest absolute Gasteiger partial charge is 0.335 e. The molecule has 0 saturated carbocycles. The minimum atomic E-state index is -1.13. The Kier molecular flexibility index (Phi) is 9.45. The molecule has 2 aromatic carbocycles. The third-order valence-corrected chi connectivity index (χ3v) is 7.09. The monoisotopic (exact) mass is 560 g/mol. The van der Waals surface area contributed by atoms with Gasteiger partial charge in [-0.05, 0) is 61.9 Å². The number of aromatic carboxylic acids is 1. The highest BCUT2D eigenvalue weighted by molar-refractivity contribution is 7.13. The molecule has 0 aliphatic carbocycles. The second kappa shape index (κ2) is 12.3. The average Bonchev–Trinajstić information content (AvgIpc) is 3.28. The van der Waals surface area contributed by atoms with Gasteiger partial charge in [0.05, 0.1) is 11.3 Å². The molecule has 0 unspecified atom stereocenters. The molecule has 1 aromatic heterocycles. The van der Waals surface area contributed by atoms with Gasteiger partial charge in [0, 0.05) is 52.9 Å². The largest absolute Gasteiger partial charge is 0.478 e. The molecule has 37 heavy (non-hydrogen) atoms. The van der Waals surface area contributed by atoms with Crippen molar-refractivity contribution in [2.75, 3.05) is 17.2 Å². The van der Waals surface area contributed by atoms with Crippen LogP contribution in [0.1, 0.15) is 50.1 Å². The van der Waals surface area contributed by atoms with Gasteiger partial charge in [-0.3, -0.25) is 14.5 Å². The Morgan fingerprint density at radius 1 is 1.14 bits per heavy atom. The fraction of sp³-hybridized carbons (Fsp3) is 0.231. The Balaban J connectivity index is 0.00000380. The van der Waals surface area contributed by atoms with Gasteiger partial charge in [0.25, 0.3) is 5.91 Å². The van der Waals surface area contributed by atoms with Crippen LogP contribution in [-0.2, 0) is 17.8 Å². The van der Waals surface area contributed by atoms with Crippen LogP contribution in [0, 0.1) is 0 Å². The molecular weight excluding hydrogens is 535 g/mol. The zero-order valence-corrected chi connectivity index (χ0v) is 22.5. The second-order valence-corrected chi connectivity index (χ2v) is 10.1. The van der Waals surface area contributed by atoms with E-state index in [0.29, 0.717) is 27.3 Å². The topological polar surface area (TPSA) is 112 Å². The lowest BCUT2D eigenvalue weighted by molar-refractivity contribution is -0.111. The highest BCUT2D eigenvalue weighted by atomic mass is 35.5. The Labute approximate surface area is 229 Å². The minimum Gasteiger partial charge on any atom is -0.478 e. The van der Waals surface area contributed by atoms with E-state index in [9.17, 15) is 19.5 Å². The van der Waals surface area contributed by atoms with Crippen LogP contribution in [0.4, 0.5) is 11.4 Å². The number of carbonyl (C=O) groups excluding carboxylic acids is 2. The predicted molar refractivity (Wildman–Crippen MR) is 149 cm³/mol. The summed E-state index contributed by atoms with van der Waals surface area (Å²) in [5.74, 6) is -1.94. The number of benzene rings is 2. The van der Waals surface area contributed by atoms with Crippen molar-refractivity contribution in [1.29, 1.82) is 0 Å². The normalized spacial score (nSPS) is 13.2. The highest BCUT2D eigenvalue weighted by Gasteiger charge is 2.24. The fourth-order valence-electron chi connectivity index (χ4n) is 3.75. The Hall–Kier alpha value is -3.24. The minimum absolute atomic E-state index is 0. The lowest BCUT2D eigenvalue weighted by Gasteiger charge is -2.29. The molecule has 0 spiro atoms. The molecule has 1 aliphatic rings. The number of amides is 2. The van der Waals surface area contributed by atoms with E-state index >= 15 is 0 Å². The van der Waals surface area contributed by atoms with Crippen molar-refractivity contribution < 1.29 is 19.5 Å². The molecule has 0 saturated heterocycles. The van der Waals surface area contributed by atoms with E-state index in [0.717, 1.165) is 30.1 Å². The number of carbonyl (C=O) groups is 3. The summed E-state index contributed by atoms with van der Waals surface area (Å²) in [6, 6.07) is 11.4. The molecule has 0 atom stereocenters. The van der Waals surface area contributed by atoms with E-state index < -0.39 is 11.9 Å². The molecule has 0 fully saturated rings. The van der Waals surface area contributed by atoms with Gasteiger partial charge in [-0.2, -0.15) is 0 Å². The Bertz CT molecular complexity index is 1340. The molecule has 2 heterocycles. The summed E-state index contributed by atoms with van der Waals surface area (Å²) < 4.78 is 0. The van der Waals surface area contributed by atoms with Crippen LogP contribution in [-0.4, -0.2) is 45.4 Å². The van der Waals surface area contributed by atoms with Gasteiger partial charge in [0.1, 0.15) is 0 Å². The van der Waals surface area contributed by atoms with Crippen molar-refractivity contribution in [3.8, 4) is 0 Å². The van der Waals surface area contributed by atoms with Crippen molar-refractivity contribution in [2.24, 2.45) is 0 Å². The van der Waals surface area contributed by atoms with Crippen molar-refractivity contribution >= 4 is 70.6 Å². The van der Waals surface area contributed by atoms with Gasteiger partial charge >= 0.3 is 5.97 Å². The van der Waals surface area contributed by atoms with Gasteiger partial charge in [-0.25, -0.2) is 9.78 Å². The summed E-state index contributed by atoms with van der Waals surface area (Å²) in [7, 11) is 0. The number of aromatic nitrogens is 1. The summed E-state index contributed by atoms with van der Waals surface area (Å²) in [4.78, 5) is 44.8. The molecule has 3 aromatic rings. The number of fused-ring (bicyclic) bond motifs is 1. The first-order valence-electron chi connectivity index (χ1n) is 11.4. The van der Waals surface area contributed by atoms with Crippen LogP contribution in [0.3, 0.4) is 0 Å². The molecule has 1 aliphatic heterocycles. The van der Waals surface area contributed by atoms with Crippen LogP contribution in [0.5, 0.6) is 0 Å². The lowest BCUT2D eigenvalue weighted by atomic mass is 10.1. The van der Waals surface area contributed by atoms with E-state index in [1.54, 1.807) is 30.3 Å². The molecule has 11 heteroatoms. The van der Waals surface area contributed by atoms with Crippen molar-refractivity contribution in [3.63, 3.8) is 0 Å². The van der Waals surface area contributed by atoms with Crippen molar-refractivity contribution in [2.45, 2.75) is 32.9 Å². The first kappa shape index (κ1) is 28.3. The first-order valence-corrected chi connectivity index (χ1v) is 12.5. The number of carboxylic acid groups (broad SMARTS) is 1. The Morgan fingerprint density at radius 3 is 2.54 bits per heavy atom. The standard InChI is InChI=1S/C26H25ClN4O4S.ClH/c1-15(2)31-12-11-20-22(14-31)36-25(30-20)24(33)29-21-13-17(26(34)35)4-3-16(21)5-10-23(32)28-19-8-6-18(27)7-9-19;/h3-10,13,15H,11-12,14H2,1-2H3,(H,28,32)(H,29,33)(H,34,35);1H/b10-5+;. The van der Waals surface area contributed by atoms with E-state index in [1.807, 2.05) is 0 Å². The Morgan fingerprint density at radius 2 is 1.86 bits per heavy atom. The molecule has 0 radical (unpaired) electrons. The maximum absolute atomic E-state index is 13.0. The number of thiazole rings is 1. The fourth-order valence-corrected chi connectivity index (χ4v) is 4.91. The summed E-state index contributed by atoms with van der Waals surface area (Å²) >= 11 is 7.22. The van der Waals surface area contributed by atoms with Gasteiger partial charge in [-0.1, -0.05) is 17.7 Å². The third-order valence-electron chi connectivity index (χ3n) is 5.76. The van der Waals surface area contributed by atoms with Crippen LogP contribution >= 0.6 is 35.3 Å². The number of halogens is 2. The van der Waals surface area contributed by atoms with Crippen molar-refractivity contribution in [3.05, 3.63) is 80.3 Å². The molecular formula is C26H26Cl2N4O4S. The molecule has 8 nitrogen and oxygen atoms in total. The molecule has 3 N–H and O–H groups in total. The first-order chi connectivity index (χ1) is 17.2. The molecule has 2 amide bonds. The van der Waals surface area contributed by atoms with E-state index in [1.165, 1.54) is 35.6 Å². The summed E-state index contributed by atoms with van der Waals surface area (Å²) in [6.07, 6.45) is 3.60. The average molecular weight is 561 g/mol. The van der Waals surface area contributed by atoms with Crippen LogP contribution in [0.25, 0.3) is 6.08 Å². The van der Waals surface area contributed by atoms with Gasteiger partial charge in [-0.15, -0.1) is 23.7 Å². The molecule has 194 valence electrons. The lowest BCUT2D eigenvalue weighted by Crippen LogP contribution is -2.35. The number of hydrogen-bond donors (Lipinski definition) is 3. The number of nitrogens with one attached hydrogen (secondary N) is 2. The molecule has 0 bridgehead atoms. The summed E-state index contributed by atoms with van der Waals surface area (Å²) in [5, 5.41) is 15.8. The zero-order chi connectivity index (χ0) is 25.8. The summed E-state index contributed by atoms with van der Waals surface area (Å²) in [6.45, 7) is 5.92. The van der Waals surface area contributed by atoms with Gasteiger partial charge in [0.2, 0.25) is 5.91 Å². The quantitative estimate of drug-likeness (QED) is 0.325. The van der Waals surface area contributed by atoms with Crippen molar-refractivity contribution in [1.82, 2.24) is 9.88 Å². The van der Waals surface area contributed by atoms with E-state index in [2.05, 4.69) is 34.4 Å². The predicted octanol–water partition coefficient (Wildman–Crippen LogP) is 5.59. The number of rotatable bonds is 7. The SMILES string of the molecule is CC(C)N1CCc2nc(C(=O)Nc3cc(C(=O)O)ccc3/C=C/C(=O)Nc3ccc(Cl)cc3)sc2C1.Cl. The van der Waals surface area contributed by atoms with Crippen LogP contribution in [0.2, 0.25) is 5.02 Å². The summed E-state index contributed by atoms with van der Waals surface area (Å²) in [5.41, 5.74) is 2.27. The maximum atomic E-state index is 13.0. The number of hydrogen-bond acceptors (Lipinski definition) is 6. The number of carboxylic acids is 1. The number of anilines is 2. The van der Waals surface area contributed by atoms with Crippen LogP contribution in [0.15, 0.2) is 48.5 Å². The third kappa shape index (κ3) is 7.17. The van der Waals surface area contributed by atoms with Crippen LogP contribution < -0.4 is 10.6 Å². The van der Waals surface area contributed by atoms with E-state index in [4.69, 9.17) is 11.6 Å². The number of nitrogens with zero attached hydrogens (tertiary/aromatic N) is 2. The van der Waals surface area contributed by atoms with Gasteiger partial charge in [0.15, 0.2) is 5.01 Å².